The molecule has 1 atom stereocenters. The van der Waals surface area contributed by atoms with Crippen LogP contribution in [0, 0.1) is 6.92 Å². The number of rotatable bonds is 3. The van der Waals surface area contributed by atoms with Crippen LogP contribution < -0.4 is 5.73 Å². The Labute approximate surface area is 67.4 Å². The standard InChI is InChI=1S/C9H15NO/c1-7(10)3-4-9-5-6-11-8(9)2/h5-7H,3-4,10H2,1-2H3/t7-/m0/s1. The van der Waals surface area contributed by atoms with Crippen molar-refractivity contribution in [3.8, 4) is 0 Å². The first-order valence-electron chi connectivity index (χ1n) is 3.98. The Bertz CT molecular complexity index is 215. The van der Waals surface area contributed by atoms with Crippen LogP contribution in [0.4, 0.5) is 0 Å². The van der Waals surface area contributed by atoms with Gasteiger partial charge in [0.2, 0.25) is 0 Å². The molecule has 2 heteroatoms. The van der Waals surface area contributed by atoms with E-state index in [-0.39, 0.29) is 6.04 Å². The Kier molecular flexibility index (Phi) is 2.71. The summed E-state index contributed by atoms with van der Waals surface area (Å²) in [5, 5.41) is 0. The zero-order valence-electron chi connectivity index (χ0n) is 7.13. The second-order valence-electron chi connectivity index (χ2n) is 3.02. The van der Waals surface area contributed by atoms with Gasteiger partial charge < -0.3 is 10.2 Å². The van der Waals surface area contributed by atoms with Gasteiger partial charge in [-0.2, -0.15) is 0 Å². The molecule has 62 valence electrons. The predicted molar refractivity (Wildman–Crippen MR) is 45.4 cm³/mol. The average molecular weight is 153 g/mol. The summed E-state index contributed by atoms with van der Waals surface area (Å²) in [4.78, 5) is 0. The third-order valence-corrected chi connectivity index (χ3v) is 1.84. The van der Waals surface area contributed by atoms with Crippen LogP contribution in [0.1, 0.15) is 24.7 Å². The van der Waals surface area contributed by atoms with Crippen LogP contribution in [0.25, 0.3) is 0 Å². The molecule has 1 aromatic heterocycles. The molecule has 0 fully saturated rings. The number of nitrogens with two attached hydrogens (primary N) is 1. The molecule has 0 bridgehead atoms. The van der Waals surface area contributed by atoms with Crippen LogP contribution in [-0.2, 0) is 6.42 Å². The summed E-state index contributed by atoms with van der Waals surface area (Å²) in [6, 6.07) is 2.29. The molecule has 0 amide bonds. The maximum absolute atomic E-state index is 5.63. The minimum Gasteiger partial charge on any atom is -0.469 e. The van der Waals surface area contributed by atoms with E-state index < -0.39 is 0 Å². The molecule has 1 aromatic rings. The van der Waals surface area contributed by atoms with Gasteiger partial charge in [-0.25, -0.2) is 0 Å². The first-order valence-corrected chi connectivity index (χ1v) is 3.98. The monoisotopic (exact) mass is 153 g/mol. The summed E-state index contributed by atoms with van der Waals surface area (Å²) in [7, 11) is 0. The zero-order valence-corrected chi connectivity index (χ0v) is 7.13. The van der Waals surface area contributed by atoms with Gasteiger partial charge in [0.25, 0.3) is 0 Å². The van der Waals surface area contributed by atoms with Crippen LogP contribution in [-0.4, -0.2) is 6.04 Å². The Hall–Kier alpha value is -0.760. The molecule has 1 heterocycles. The summed E-state index contributed by atoms with van der Waals surface area (Å²) < 4.78 is 5.16. The van der Waals surface area contributed by atoms with E-state index in [1.54, 1.807) is 6.26 Å². The summed E-state index contributed by atoms with van der Waals surface area (Å²) in [6.45, 7) is 4.01. The number of hydrogen-bond acceptors (Lipinski definition) is 2. The quantitative estimate of drug-likeness (QED) is 0.720. The second-order valence-corrected chi connectivity index (χ2v) is 3.02. The molecular formula is C9H15NO. The molecule has 1 rings (SSSR count). The average Bonchev–Trinajstić information content (AvgIpc) is 2.31. The van der Waals surface area contributed by atoms with Crippen molar-refractivity contribution < 1.29 is 4.42 Å². The van der Waals surface area contributed by atoms with E-state index in [0.29, 0.717) is 0 Å². The van der Waals surface area contributed by atoms with E-state index in [2.05, 4.69) is 0 Å². The van der Waals surface area contributed by atoms with Gasteiger partial charge in [-0.05, 0) is 38.3 Å². The molecule has 0 radical (unpaired) electrons. The van der Waals surface area contributed by atoms with Crippen molar-refractivity contribution >= 4 is 0 Å². The molecule has 11 heavy (non-hydrogen) atoms. The van der Waals surface area contributed by atoms with Crippen molar-refractivity contribution in [2.75, 3.05) is 0 Å². The zero-order chi connectivity index (χ0) is 8.27. The fourth-order valence-electron chi connectivity index (χ4n) is 1.05. The fourth-order valence-corrected chi connectivity index (χ4v) is 1.05. The lowest BCUT2D eigenvalue weighted by Gasteiger charge is -2.02. The molecule has 0 aliphatic carbocycles. The Morgan fingerprint density at radius 1 is 1.64 bits per heavy atom. The normalized spacial score (nSPS) is 13.4. The maximum Gasteiger partial charge on any atom is 0.103 e. The molecule has 0 unspecified atom stereocenters. The SMILES string of the molecule is Cc1occc1CC[C@H](C)N. The summed E-state index contributed by atoms with van der Waals surface area (Å²) in [5.74, 6) is 1.02. The fraction of sp³-hybridized carbons (Fsp3) is 0.556. The van der Waals surface area contributed by atoms with Gasteiger partial charge in [-0.3, -0.25) is 0 Å². The molecule has 2 nitrogen and oxygen atoms in total. The van der Waals surface area contributed by atoms with E-state index in [4.69, 9.17) is 10.2 Å². The molecule has 2 N–H and O–H groups in total. The summed E-state index contributed by atoms with van der Waals surface area (Å²) in [6.07, 6.45) is 3.78. The van der Waals surface area contributed by atoms with Gasteiger partial charge in [0.05, 0.1) is 6.26 Å². The van der Waals surface area contributed by atoms with E-state index in [9.17, 15) is 0 Å². The van der Waals surface area contributed by atoms with Crippen molar-refractivity contribution in [3.05, 3.63) is 23.7 Å². The highest BCUT2D eigenvalue weighted by atomic mass is 16.3. The lowest BCUT2D eigenvalue weighted by molar-refractivity contribution is 0.527. The van der Waals surface area contributed by atoms with Crippen LogP contribution >= 0.6 is 0 Å². The first-order chi connectivity index (χ1) is 5.20. The highest BCUT2D eigenvalue weighted by Gasteiger charge is 2.01. The number of furan rings is 1. The van der Waals surface area contributed by atoms with Crippen LogP contribution in [0.5, 0.6) is 0 Å². The molecule has 0 saturated heterocycles. The van der Waals surface area contributed by atoms with Crippen LogP contribution in [0.3, 0.4) is 0 Å². The topological polar surface area (TPSA) is 39.2 Å². The minimum atomic E-state index is 0.282. The van der Waals surface area contributed by atoms with Crippen molar-refractivity contribution in [2.45, 2.75) is 32.7 Å². The van der Waals surface area contributed by atoms with Gasteiger partial charge in [-0.1, -0.05) is 0 Å². The van der Waals surface area contributed by atoms with E-state index in [0.717, 1.165) is 18.6 Å². The van der Waals surface area contributed by atoms with Crippen molar-refractivity contribution in [3.63, 3.8) is 0 Å². The van der Waals surface area contributed by atoms with Crippen molar-refractivity contribution in [2.24, 2.45) is 5.73 Å². The Balaban J connectivity index is 2.44. The predicted octanol–water partition coefficient (Wildman–Crippen LogP) is 1.87. The van der Waals surface area contributed by atoms with Crippen molar-refractivity contribution in [1.82, 2.24) is 0 Å². The lowest BCUT2D eigenvalue weighted by Crippen LogP contribution is -2.15. The summed E-state index contributed by atoms with van der Waals surface area (Å²) >= 11 is 0. The van der Waals surface area contributed by atoms with Gasteiger partial charge >= 0.3 is 0 Å². The van der Waals surface area contributed by atoms with Crippen LogP contribution in [0.2, 0.25) is 0 Å². The molecule has 0 aliphatic heterocycles. The van der Waals surface area contributed by atoms with E-state index >= 15 is 0 Å². The van der Waals surface area contributed by atoms with E-state index in [1.165, 1.54) is 5.56 Å². The molecular weight excluding hydrogens is 138 g/mol. The van der Waals surface area contributed by atoms with Gasteiger partial charge in [0, 0.05) is 6.04 Å². The van der Waals surface area contributed by atoms with Crippen LogP contribution in [0.15, 0.2) is 16.7 Å². The van der Waals surface area contributed by atoms with Gasteiger partial charge in [0.15, 0.2) is 0 Å². The highest BCUT2D eigenvalue weighted by molar-refractivity contribution is 5.15. The first kappa shape index (κ1) is 8.34. The minimum absolute atomic E-state index is 0.282. The molecule has 0 saturated carbocycles. The van der Waals surface area contributed by atoms with E-state index in [1.807, 2.05) is 19.9 Å². The van der Waals surface area contributed by atoms with Crippen molar-refractivity contribution in [1.29, 1.82) is 0 Å². The molecule has 0 spiro atoms. The number of aryl methyl sites for hydroxylation is 2. The lowest BCUT2D eigenvalue weighted by atomic mass is 10.1. The Morgan fingerprint density at radius 3 is 2.82 bits per heavy atom. The largest absolute Gasteiger partial charge is 0.469 e. The smallest absolute Gasteiger partial charge is 0.103 e. The summed E-state index contributed by atoms with van der Waals surface area (Å²) in [5.41, 5.74) is 6.91. The molecule has 0 aliphatic rings. The van der Waals surface area contributed by atoms with Gasteiger partial charge in [0.1, 0.15) is 5.76 Å². The molecule has 0 aromatic carbocycles. The second kappa shape index (κ2) is 3.58. The number of hydrogen-bond donors (Lipinski definition) is 1. The maximum atomic E-state index is 5.63. The highest BCUT2D eigenvalue weighted by Crippen LogP contribution is 2.11. The third-order valence-electron chi connectivity index (χ3n) is 1.84. The third kappa shape index (κ3) is 2.39. The Morgan fingerprint density at radius 2 is 2.36 bits per heavy atom. The van der Waals surface area contributed by atoms with Gasteiger partial charge in [-0.15, -0.1) is 0 Å².